The van der Waals surface area contributed by atoms with Crippen LogP contribution in [0.4, 0.5) is 5.69 Å². The van der Waals surface area contributed by atoms with Crippen LogP contribution in [-0.2, 0) is 0 Å². The quantitative estimate of drug-likeness (QED) is 0.635. The van der Waals surface area contributed by atoms with Crippen molar-refractivity contribution in [3.8, 4) is 0 Å². The van der Waals surface area contributed by atoms with E-state index < -0.39 is 0 Å². The van der Waals surface area contributed by atoms with Gasteiger partial charge in [0, 0.05) is 5.69 Å². The summed E-state index contributed by atoms with van der Waals surface area (Å²) in [5.41, 5.74) is 8.93. The third kappa shape index (κ3) is 4.91. The molecular weight excluding hydrogens is 232 g/mol. The lowest BCUT2D eigenvalue weighted by molar-refractivity contribution is 0.974. The van der Waals surface area contributed by atoms with Gasteiger partial charge in [0.15, 0.2) is 5.16 Å². The van der Waals surface area contributed by atoms with Crippen LogP contribution in [0.3, 0.4) is 0 Å². The summed E-state index contributed by atoms with van der Waals surface area (Å²) >= 11 is 1.65. The predicted octanol–water partition coefficient (Wildman–Crippen LogP) is 2.80. The summed E-state index contributed by atoms with van der Waals surface area (Å²) in [6, 6.07) is 5.93. The first kappa shape index (κ1) is 13.6. The van der Waals surface area contributed by atoms with E-state index in [1.807, 2.05) is 18.2 Å². The van der Waals surface area contributed by atoms with Crippen molar-refractivity contribution in [2.75, 3.05) is 11.5 Å². The predicted molar refractivity (Wildman–Crippen MR) is 73.1 cm³/mol. The zero-order valence-electron chi connectivity index (χ0n) is 10.4. The number of aromatic nitrogens is 3. The highest BCUT2D eigenvalue weighted by molar-refractivity contribution is 7.99. The zero-order valence-corrected chi connectivity index (χ0v) is 11.2. The maximum Gasteiger partial charge on any atom is 0.183 e. The maximum atomic E-state index is 5.53. The van der Waals surface area contributed by atoms with Crippen LogP contribution in [0.1, 0.15) is 18.1 Å². The molecule has 3 N–H and O–H groups in total. The molecule has 1 aromatic carbocycles. The number of anilines is 1. The van der Waals surface area contributed by atoms with Crippen LogP contribution in [0, 0.1) is 13.8 Å². The van der Waals surface area contributed by atoms with Crippen LogP contribution in [0.15, 0.2) is 29.7 Å². The highest BCUT2D eigenvalue weighted by atomic mass is 32.2. The van der Waals surface area contributed by atoms with Gasteiger partial charge in [-0.3, -0.25) is 5.10 Å². The lowest BCUT2D eigenvalue weighted by Gasteiger charge is -1.98. The highest BCUT2D eigenvalue weighted by Gasteiger charge is 1.90. The van der Waals surface area contributed by atoms with Crippen LogP contribution in [0.5, 0.6) is 0 Å². The van der Waals surface area contributed by atoms with E-state index in [0.717, 1.165) is 16.6 Å². The standard InChI is InChI=1S/C8H11N.C4H7N3S/c1-6-3-4-8(9)5-7(6)2;1-2-8-4-5-3-6-7-4/h3-5H,9H2,1-2H3;3H,2H2,1H3,(H,5,6,7). The van der Waals surface area contributed by atoms with Gasteiger partial charge in [-0.2, -0.15) is 5.10 Å². The van der Waals surface area contributed by atoms with Gasteiger partial charge in [-0.25, -0.2) is 4.98 Å². The molecule has 0 saturated carbocycles. The Kier molecular flexibility index (Phi) is 5.56. The van der Waals surface area contributed by atoms with Crippen LogP contribution in [-0.4, -0.2) is 20.9 Å². The first-order valence-corrected chi connectivity index (χ1v) is 6.43. The number of hydrogen-bond acceptors (Lipinski definition) is 4. The second-order valence-electron chi connectivity index (χ2n) is 3.57. The number of aryl methyl sites for hydroxylation is 2. The Hall–Kier alpha value is -1.49. The Bertz CT molecular complexity index is 440. The number of thioether (sulfide) groups is 1. The Morgan fingerprint density at radius 3 is 2.53 bits per heavy atom. The molecule has 17 heavy (non-hydrogen) atoms. The summed E-state index contributed by atoms with van der Waals surface area (Å²) in [4.78, 5) is 3.90. The van der Waals surface area contributed by atoms with Gasteiger partial charge in [0.05, 0.1) is 0 Å². The summed E-state index contributed by atoms with van der Waals surface area (Å²) in [5.74, 6) is 1.04. The summed E-state index contributed by atoms with van der Waals surface area (Å²) < 4.78 is 0. The molecule has 0 aliphatic carbocycles. The molecule has 92 valence electrons. The van der Waals surface area contributed by atoms with Gasteiger partial charge in [0.25, 0.3) is 0 Å². The van der Waals surface area contributed by atoms with Crippen molar-refractivity contribution in [2.45, 2.75) is 25.9 Å². The SMILES string of the molecule is CCSc1ncn[nH]1.Cc1ccc(N)cc1C. The molecule has 0 bridgehead atoms. The minimum atomic E-state index is 0.845. The molecule has 2 rings (SSSR count). The van der Waals surface area contributed by atoms with E-state index in [4.69, 9.17) is 5.73 Å². The molecule has 1 heterocycles. The van der Waals surface area contributed by atoms with Crippen molar-refractivity contribution in [3.05, 3.63) is 35.7 Å². The van der Waals surface area contributed by atoms with Crippen molar-refractivity contribution in [1.29, 1.82) is 0 Å². The molecule has 0 fully saturated rings. The summed E-state index contributed by atoms with van der Waals surface area (Å²) in [7, 11) is 0. The molecule has 0 aliphatic heterocycles. The van der Waals surface area contributed by atoms with Crippen molar-refractivity contribution in [3.63, 3.8) is 0 Å². The van der Waals surface area contributed by atoms with Crippen LogP contribution in [0.2, 0.25) is 0 Å². The number of nitrogens with zero attached hydrogens (tertiary/aromatic N) is 2. The lowest BCUT2D eigenvalue weighted by Crippen LogP contribution is -1.86. The molecule has 4 nitrogen and oxygen atoms in total. The highest BCUT2D eigenvalue weighted by Crippen LogP contribution is 2.10. The third-order valence-electron chi connectivity index (χ3n) is 2.20. The van der Waals surface area contributed by atoms with Crippen molar-refractivity contribution in [1.82, 2.24) is 15.2 Å². The van der Waals surface area contributed by atoms with Crippen molar-refractivity contribution in [2.24, 2.45) is 0 Å². The first-order valence-electron chi connectivity index (χ1n) is 5.44. The average Bonchev–Trinajstić information content (AvgIpc) is 2.78. The molecule has 0 atom stereocenters. The second-order valence-corrected chi connectivity index (χ2v) is 4.82. The summed E-state index contributed by atoms with van der Waals surface area (Å²) in [5, 5.41) is 7.32. The Morgan fingerprint density at radius 1 is 1.29 bits per heavy atom. The van der Waals surface area contributed by atoms with Crippen molar-refractivity contribution < 1.29 is 0 Å². The van der Waals surface area contributed by atoms with E-state index in [1.54, 1.807) is 11.8 Å². The lowest BCUT2D eigenvalue weighted by atomic mass is 10.1. The van der Waals surface area contributed by atoms with Gasteiger partial charge in [0.1, 0.15) is 6.33 Å². The van der Waals surface area contributed by atoms with Gasteiger partial charge >= 0.3 is 0 Å². The van der Waals surface area contributed by atoms with Crippen molar-refractivity contribution >= 4 is 17.4 Å². The van der Waals surface area contributed by atoms with Crippen LogP contribution >= 0.6 is 11.8 Å². The van der Waals surface area contributed by atoms with E-state index in [0.29, 0.717) is 0 Å². The summed E-state index contributed by atoms with van der Waals surface area (Å²) in [6.45, 7) is 6.22. The molecule has 0 amide bonds. The number of nitrogen functional groups attached to an aromatic ring is 1. The number of nitrogens with two attached hydrogens (primary N) is 1. The largest absolute Gasteiger partial charge is 0.399 e. The molecule has 0 spiro atoms. The van der Waals surface area contributed by atoms with Gasteiger partial charge in [0.2, 0.25) is 0 Å². The smallest absolute Gasteiger partial charge is 0.183 e. The van der Waals surface area contributed by atoms with E-state index in [-0.39, 0.29) is 0 Å². The normalized spacial score (nSPS) is 9.59. The third-order valence-corrected chi connectivity index (χ3v) is 2.96. The minimum Gasteiger partial charge on any atom is -0.399 e. The molecule has 0 saturated heterocycles. The number of hydrogen-bond donors (Lipinski definition) is 2. The Balaban J connectivity index is 0.000000171. The van der Waals surface area contributed by atoms with E-state index in [2.05, 4.69) is 36.0 Å². The Morgan fingerprint density at radius 2 is 2.06 bits per heavy atom. The molecule has 1 aromatic heterocycles. The fraction of sp³-hybridized carbons (Fsp3) is 0.333. The first-order chi connectivity index (χ1) is 8.13. The summed E-state index contributed by atoms with van der Waals surface area (Å²) in [6.07, 6.45) is 1.51. The maximum absolute atomic E-state index is 5.53. The Labute approximate surface area is 106 Å². The zero-order chi connectivity index (χ0) is 12.7. The molecule has 2 aromatic rings. The average molecular weight is 250 g/mol. The molecular formula is C12H18N4S. The number of aromatic amines is 1. The topological polar surface area (TPSA) is 67.6 Å². The number of nitrogens with one attached hydrogen (secondary N) is 1. The fourth-order valence-corrected chi connectivity index (χ4v) is 1.68. The fourth-order valence-electron chi connectivity index (χ4n) is 1.17. The van der Waals surface area contributed by atoms with Gasteiger partial charge in [-0.15, -0.1) is 0 Å². The van der Waals surface area contributed by atoms with Gasteiger partial charge < -0.3 is 5.73 Å². The minimum absolute atomic E-state index is 0.845. The number of benzene rings is 1. The monoisotopic (exact) mass is 250 g/mol. The molecule has 0 aliphatic rings. The molecule has 5 heteroatoms. The van der Waals surface area contributed by atoms with Crippen LogP contribution < -0.4 is 5.73 Å². The number of H-pyrrole nitrogens is 1. The second kappa shape index (κ2) is 6.96. The van der Waals surface area contributed by atoms with E-state index >= 15 is 0 Å². The van der Waals surface area contributed by atoms with Crippen LogP contribution in [0.25, 0.3) is 0 Å². The van der Waals surface area contributed by atoms with Gasteiger partial charge in [-0.1, -0.05) is 24.8 Å². The number of rotatable bonds is 2. The molecule has 0 unspecified atom stereocenters. The van der Waals surface area contributed by atoms with E-state index in [1.165, 1.54) is 17.5 Å². The van der Waals surface area contributed by atoms with E-state index in [9.17, 15) is 0 Å². The molecule has 0 radical (unpaired) electrons. The van der Waals surface area contributed by atoms with Gasteiger partial charge in [-0.05, 0) is 42.9 Å².